The Labute approximate surface area is 136 Å². The molecule has 0 aliphatic carbocycles. The summed E-state index contributed by atoms with van der Waals surface area (Å²) in [5, 5.41) is 4.72. The highest BCUT2D eigenvalue weighted by Crippen LogP contribution is 2.36. The Morgan fingerprint density at radius 1 is 1.29 bits per heavy atom. The molecule has 24 heavy (non-hydrogen) atoms. The van der Waals surface area contributed by atoms with E-state index in [9.17, 15) is 22.8 Å². The lowest BCUT2D eigenvalue weighted by molar-refractivity contribution is -0.137. The highest BCUT2D eigenvalue weighted by atomic mass is 19.4. The molecule has 130 valence electrons. The van der Waals surface area contributed by atoms with Crippen LogP contribution in [0.4, 0.5) is 19.0 Å². The SMILES string of the molecule is CCN(CC)c1nc(C(=O)C2C=NN(C)C2=O)ccc1C(F)(F)F. The van der Waals surface area contributed by atoms with Crippen molar-refractivity contribution in [3.05, 3.63) is 23.4 Å². The molecule has 0 bridgehead atoms. The number of pyridine rings is 1. The van der Waals surface area contributed by atoms with E-state index in [0.29, 0.717) is 13.1 Å². The molecule has 1 unspecified atom stereocenters. The van der Waals surface area contributed by atoms with Crippen LogP contribution in [0, 0.1) is 5.92 Å². The van der Waals surface area contributed by atoms with Gasteiger partial charge in [-0.3, -0.25) is 9.59 Å². The summed E-state index contributed by atoms with van der Waals surface area (Å²) in [7, 11) is 1.40. The first-order valence-corrected chi connectivity index (χ1v) is 7.39. The first-order valence-electron chi connectivity index (χ1n) is 7.39. The largest absolute Gasteiger partial charge is 0.419 e. The Hall–Kier alpha value is -2.45. The number of alkyl halides is 3. The van der Waals surface area contributed by atoms with E-state index in [0.717, 1.165) is 17.1 Å². The number of nitrogens with zero attached hydrogens (tertiary/aromatic N) is 4. The van der Waals surface area contributed by atoms with Gasteiger partial charge < -0.3 is 4.90 Å². The molecule has 9 heteroatoms. The van der Waals surface area contributed by atoms with Crippen molar-refractivity contribution in [2.24, 2.45) is 11.0 Å². The minimum absolute atomic E-state index is 0.190. The van der Waals surface area contributed by atoms with E-state index in [1.165, 1.54) is 18.2 Å². The molecule has 6 nitrogen and oxygen atoms in total. The predicted octanol–water partition coefficient (Wildman–Crippen LogP) is 2.20. The molecule has 0 spiro atoms. The van der Waals surface area contributed by atoms with Crippen LogP contribution in [0.2, 0.25) is 0 Å². The molecule has 2 heterocycles. The number of carbonyl (C=O) groups is 2. The van der Waals surface area contributed by atoms with Crippen LogP contribution < -0.4 is 4.90 Å². The average molecular weight is 342 g/mol. The van der Waals surface area contributed by atoms with E-state index >= 15 is 0 Å². The van der Waals surface area contributed by atoms with Gasteiger partial charge in [-0.05, 0) is 26.0 Å². The van der Waals surface area contributed by atoms with Crippen LogP contribution in [0.3, 0.4) is 0 Å². The maximum Gasteiger partial charge on any atom is 0.419 e. The van der Waals surface area contributed by atoms with Crippen LogP contribution in [-0.2, 0) is 11.0 Å². The lowest BCUT2D eigenvalue weighted by Crippen LogP contribution is -2.31. The van der Waals surface area contributed by atoms with Gasteiger partial charge in [0, 0.05) is 26.4 Å². The van der Waals surface area contributed by atoms with Crippen LogP contribution in [0.1, 0.15) is 29.9 Å². The number of Topliss-reactive ketones (excluding diaryl/α,β-unsaturated/α-hetero) is 1. The molecule has 0 aromatic carbocycles. The second-order valence-electron chi connectivity index (χ2n) is 5.21. The summed E-state index contributed by atoms with van der Waals surface area (Å²) in [6.45, 7) is 4.00. The number of ketones is 1. The molecule has 1 aliphatic rings. The van der Waals surface area contributed by atoms with Crippen LogP contribution in [0.5, 0.6) is 0 Å². The van der Waals surface area contributed by atoms with E-state index in [2.05, 4.69) is 10.1 Å². The first kappa shape index (κ1) is 17.9. The number of anilines is 1. The Bertz CT molecular complexity index is 684. The normalized spacial score (nSPS) is 17.5. The van der Waals surface area contributed by atoms with Crippen molar-refractivity contribution < 1.29 is 22.8 Å². The third kappa shape index (κ3) is 3.24. The number of hydrazone groups is 1. The van der Waals surface area contributed by atoms with Crippen LogP contribution >= 0.6 is 0 Å². The molecule has 0 N–H and O–H groups in total. The van der Waals surface area contributed by atoms with Gasteiger partial charge in [-0.2, -0.15) is 18.3 Å². The van der Waals surface area contributed by atoms with Crippen LogP contribution in [-0.4, -0.2) is 48.0 Å². The maximum atomic E-state index is 13.2. The minimum atomic E-state index is -4.59. The van der Waals surface area contributed by atoms with Gasteiger partial charge in [-0.15, -0.1) is 0 Å². The maximum absolute atomic E-state index is 13.2. The summed E-state index contributed by atoms with van der Waals surface area (Å²) >= 11 is 0. The Morgan fingerprint density at radius 3 is 2.38 bits per heavy atom. The Balaban J connectivity index is 2.46. The number of hydrogen-bond donors (Lipinski definition) is 0. The molecule has 1 aliphatic heterocycles. The summed E-state index contributed by atoms with van der Waals surface area (Å²) in [5.41, 5.74) is -1.10. The van der Waals surface area contributed by atoms with Gasteiger partial charge in [0.1, 0.15) is 17.4 Å². The van der Waals surface area contributed by atoms with Crippen molar-refractivity contribution in [2.75, 3.05) is 25.0 Å². The molecular weight excluding hydrogens is 325 g/mol. The smallest absolute Gasteiger partial charge is 0.357 e. The average Bonchev–Trinajstić information content (AvgIpc) is 2.86. The molecule has 2 rings (SSSR count). The zero-order chi connectivity index (χ0) is 18.1. The van der Waals surface area contributed by atoms with Crippen molar-refractivity contribution in [3.8, 4) is 0 Å². The van der Waals surface area contributed by atoms with E-state index in [1.807, 2.05) is 0 Å². The number of amides is 1. The highest BCUT2D eigenvalue weighted by molar-refractivity contribution is 6.20. The van der Waals surface area contributed by atoms with E-state index < -0.39 is 29.3 Å². The van der Waals surface area contributed by atoms with E-state index in [-0.39, 0.29) is 11.5 Å². The fraction of sp³-hybridized carbons (Fsp3) is 0.467. The molecule has 1 aromatic heterocycles. The van der Waals surface area contributed by atoms with Crippen LogP contribution in [0.15, 0.2) is 17.2 Å². The summed E-state index contributed by atoms with van der Waals surface area (Å²) in [4.78, 5) is 29.6. The summed E-state index contributed by atoms with van der Waals surface area (Å²) in [6.07, 6.45) is -3.42. The summed E-state index contributed by atoms with van der Waals surface area (Å²) < 4.78 is 39.6. The minimum Gasteiger partial charge on any atom is -0.357 e. The van der Waals surface area contributed by atoms with Crippen molar-refractivity contribution in [1.82, 2.24) is 9.99 Å². The topological polar surface area (TPSA) is 65.9 Å². The Kier molecular flexibility index (Phi) is 4.91. The summed E-state index contributed by atoms with van der Waals surface area (Å²) in [5.74, 6) is -2.67. The quantitative estimate of drug-likeness (QED) is 0.608. The monoisotopic (exact) mass is 342 g/mol. The van der Waals surface area contributed by atoms with Crippen molar-refractivity contribution in [2.45, 2.75) is 20.0 Å². The fourth-order valence-corrected chi connectivity index (χ4v) is 2.40. The Morgan fingerprint density at radius 2 is 1.92 bits per heavy atom. The lowest BCUT2D eigenvalue weighted by Gasteiger charge is -2.24. The first-order chi connectivity index (χ1) is 11.2. The van der Waals surface area contributed by atoms with Gasteiger partial charge >= 0.3 is 6.18 Å². The highest BCUT2D eigenvalue weighted by Gasteiger charge is 2.38. The number of halogens is 3. The third-order valence-corrected chi connectivity index (χ3v) is 3.75. The van der Waals surface area contributed by atoms with Gasteiger partial charge in [0.2, 0.25) is 0 Å². The number of rotatable bonds is 5. The molecule has 0 radical (unpaired) electrons. The summed E-state index contributed by atoms with van der Waals surface area (Å²) in [6, 6.07) is 1.83. The third-order valence-electron chi connectivity index (χ3n) is 3.75. The number of hydrogen-bond acceptors (Lipinski definition) is 5. The zero-order valence-corrected chi connectivity index (χ0v) is 13.5. The number of carbonyl (C=O) groups excluding carboxylic acids is 2. The molecule has 0 saturated heterocycles. The van der Waals surface area contributed by atoms with Crippen LogP contribution in [0.25, 0.3) is 0 Å². The van der Waals surface area contributed by atoms with E-state index in [1.54, 1.807) is 13.8 Å². The van der Waals surface area contributed by atoms with Crippen molar-refractivity contribution in [1.29, 1.82) is 0 Å². The molecule has 1 amide bonds. The molecule has 1 aromatic rings. The molecule has 0 fully saturated rings. The van der Waals surface area contributed by atoms with Gasteiger partial charge in [0.15, 0.2) is 5.78 Å². The van der Waals surface area contributed by atoms with E-state index in [4.69, 9.17) is 0 Å². The second kappa shape index (κ2) is 6.58. The standard InChI is InChI=1S/C15H17F3N4O2/c1-4-22(5-2)13-10(15(16,17)18)6-7-11(20-13)12(23)9-8-19-21(3)14(9)24/h6-9H,4-5H2,1-3H3. The predicted molar refractivity (Wildman–Crippen MR) is 81.9 cm³/mol. The molecule has 1 atom stereocenters. The fourth-order valence-electron chi connectivity index (χ4n) is 2.40. The van der Waals surface area contributed by atoms with Gasteiger partial charge in [-0.25, -0.2) is 9.99 Å². The van der Waals surface area contributed by atoms with Gasteiger partial charge in [-0.1, -0.05) is 0 Å². The number of aromatic nitrogens is 1. The second-order valence-corrected chi connectivity index (χ2v) is 5.21. The van der Waals surface area contributed by atoms with Gasteiger partial charge in [0.05, 0.1) is 5.56 Å². The lowest BCUT2D eigenvalue weighted by atomic mass is 10.0. The van der Waals surface area contributed by atoms with Crippen molar-refractivity contribution in [3.63, 3.8) is 0 Å². The van der Waals surface area contributed by atoms with Gasteiger partial charge in [0.25, 0.3) is 5.91 Å². The molecular formula is C15H17F3N4O2. The molecule has 0 saturated carbocycles. The zero-order valence-electron chi connectivity index (χ0n) is 13.5. The van der Waals surface area contributed by atoms with Crippen molar-refractivity contribution >= 4 is 23.7 Å².